The van der Waals surface area contributed by atoms with Crippen molar-refractivity contribution in [2.24, 2.45) is 17.8 Å². The topological polar surface area (TPSA) is 70.1 Å². The standard InChI is InChI=1S/C26H27F3N2O5/c1-33-23-21(34-13-15-9-18-19(10-15)26(18,28)29)6-5-20(30-23)24(32)31-8-7-25(22(12-31)35-14-36-25)16-3-2-4-17(27)11-16/h2-6,11,15,18-19,22H,7-10,12-14H2,1H3/t15?,18?,19?,22?,25-/m1/s1. The first-order chi connectivity index (χ1) is 17.3. The van der Waals surface area contributed by atoms with Crippen LogP contribution in [0.3, 0.4) is 0 Å². The normalized spacial score (nSPS) is 32.1. The van der Waals surface area contributed by atoms with Crippen LogP contribution in [0.15, 0.2) is 36.4 Å². The zero-order valence-corrected chi connectivity index (χ0v) is 19.8. The summed E-state index contributed by atoms with van der Waals surface area (Å²) >= 11 is 0. The number of pyridine rings is 1. The Hall–Kier alpha value is -2.85. The Bertz CT molecular complexity index is 1170. The molecule has 1 aromatic carbocycles. The van der Waals surface area contributed by atoms with E-state index < -0.39 is 29.5 Å². The van der Waals surface area contributed by atoms with Crippen LogP contribution in [0.25, 0.3) is 0 Å². The molecule has 2 aromatic rings. The van der Waals surface area contributed by atoms with E-state index in [0.717, 1.165) is 0 Å². The Morgan fingerprint density at radius 2 is 2.03 bits per heavy atom. The number of aromatic nitrogens is 1. The third-order valence-corrected chi connectivity index (χ3v) is 8.10. The van der Waals surface area contributed by atoms with Crippen molar-refractivity contribution in [2.75, 3.05) is 33.6 Å². The number of likely N-dealkylation sites (tertiary alicyclic amines) is 1. The van der Waals surface area contributed by atoms with Gasteiger partial charge >= 0.3 is 0 Å². The van der Waals surface area contributed by atoms with Crippen LogP contribution < -0.4 is 9.47 Å². The third kappa shape index (κ3) is 3.82. The molecule has 4 atom stereocenters. The number of amides is 1. The van der Waals surface area contributed by atoms with E-state index >= 15 is 0 Å². The second-order valence-corrected chi connectivity index (χ2v) is 10.1. The first-order valence-electron chi connectivity index (χ1n) is 12.2. The summed E-state index contributed by atoms with van der Waals surface area (Å²) in [5.41, 5.74) is 0.0896. The van der Waals surface area contributed by atoms with Crippen molar-refractivity contribution >= 4 is 5.91 Å². The Kier molecular flexibility index (Phi) is 5.64. The monoisotopic (exact) mass is 504 g/mol. The number of ether oxygens (including phenoxy) is 4. The van der Waals surface area contributed by atoms with Gasteiger partial charge in [0.25, 0.3) is 17.7 Å². The quantitative estimate of drug-likeness (QED) is 0.592. The number of benzene rings is 1. The number of fused-ring (bicyclic) bond motifs is 2. The van der Waals surface area contributed by atoms with Crippen LogP contribution in [0.2, 0.25) is 0 Å². The molecule has 1 aromatic heterocycles. The van der Waals surface area contributed by atoms with Gasteiger partial charge in [0.1, 0.15) is 30.0 Å². The summed E-state index contributed by atoms with van der Waals surface area (Å²) in [6.07, 6.45) is 0.936. The Balaban J connectivity index is 1.11. The molecule has 2 saturated carbocycles. The highest BCUT2D eigenvalue weighted by molar-refractivity contribution is 5.92. The van der Waals surface area contributed by atoms with E-state index in [9.17, 15) is 18.0 Å². The minimum absolute atomic E-state index is 0.0709. The molecule has 4 fully saturated rings. The average molecular weight is 505 g/mol. The van der Waals surface area contributed by atoms with Crippen LogP contribution in [0, 0.1) is 23.6 Å². The Morgan fingerprint density at radius 1 is 1.22 bits per heavy atom. The Labute approximate surface area is 206 Å². The number of alkyl halides is 2. The van der Waals surface area contributed by atoms with Crippen molar-refractivity contribution in [1.82, 2.24) is 9.88 Å². The van der Waals surface area contributed by atoms with Gasteiger partial charge in [0.15, 0.2) is 5.75 Å². The number of carbonyl (C=O) groups is 1. The predicted octanol–water partition coefficient (Wildman–Crippen LogP) is 4.01. The van der Waals surface area contributed by atoms with Gasteiger partial charge in [0, 0.05) is 24.8 Å². The largest absolute Gasteiger partial charge is 0.488 e. The lowest BCUT2D eigenvalue weighted by atomic mass is 9.82. The molecule has 10 heteroatoms. The van der Waals surface area contributed by atoms with Gasteiger partial charge in [-0.2, -0.15) is 0 Å². The lowest BCUT2D eigenvalue weighted by Gasteiger charge is -2.41. The van der Waals surface area contributed by atoms with Crippen LogP contribution >= 0.6 is 0 Å². The van der Waals surface area contributed by atoms with Crippen molar-refractivity contribution in [1.29, 1.82) is 0 Å². The zero-order valence-electron chi connectivity index (χ0n) is 19.8. The molecule has 0 spiro atoms. The van der Waals surface area contributed by atoms with E-state index in [1.54, 1.807) is 23.1 Å². The van der Waals surface area contributed by atoms with Gasteiger partial charge < -0.3 is 23.8 Å². The highest BCUT2D eigenvalue weighted by atomic mass is 19.3. The van der Waals surface area contributed by atoms with E-state index in [1.807, 2.05) is 6.07 Å². The lowest BCUT2D eigenvalue weighted by Crippen LogP contribution is -2.53. The number of hydrogen-bond donors (Lipinski definition) is 0. The minimum Gasteiger partial charge on any atom is -0.488 e. The molecule has 2 aliphatic heterocycles. The summed E-state index contributed by atoms with van der Waals surface area (Å²) in [5, 5.41) is 0. The van der Waals surface area contributed by atoms with E-state index in [1.165, 1.54) is 19.2 Å². The lowest BCUT2D eigenvalue weighted by molar-refractivity contribution is -0.0441. The van der Waals surface area contributed by atoms with Crippen molar-refractivity contribution in [3.8, 4) is 11.6 Å². The Morgan fingerprint density at radius 3 is 2.78 bits per heavy atom. The first-order valence-corrected chi connectivity index (χ1v) is 12.2. The minimum atomic E-state index is -2.50. The number of carbonyl (C=O) groups excluding carboxylic acids is 1. The maximum absolute atomic E-state index is 13.9. The van der Waals surface area contributed by atoms with Crippen molar-refractivity contribution in [3.63, 3.8) is 0 Å². The molecule has 7 nitrogen and oxygen atoms in total. The SMILES string of the molecule is COc1nc(C(=O)N2CC[C@]3(c4cccc(F)c4)OCOC3C2)ccc1OCC1CC2C(C1)C2(F)F. The fourth-order valence-electron chi connectivity index (χ4n) is 6.05. The summed E-state index contributed by atoms with van der Waals surface area (Å²) in [7, 11) is 1.44. The molecular weight excluding hydrogens is 477 g/mol. The van der Waals surface area contributed by atoms with Crippen molar-refractivity contribution < 1.29 is 36.9 Å². The summed E-state index contributed by atoms with van der Waals surface area (Å²) < 4.78 is 63.6. The maximum atomic E-state index is 13.9. The van der Waals surface area contributed by atoms with Crippen LogP contribution in [0.4, 0.5) is 13.2 Å². The summed E-state index contributed by atoms with van der Waals surface area (Å²) in [5.74, 6) is -3.55. The molecule has 192 valence electrons. The van der Waals surface area contributed by atoms with Gasteiger partial charge in [-0.05, 0) is 48.6 Å². The van der Waals surface area contributed by atoms with Crippen LogP contribution in [0.1, 0.15) is 35.3 Å². The molecule has 6 rings (SSSR count). The zero-order chi connectivity index (χ0) is 25.1. The number of rotatable bonds is 6. The van der Waals surface area contributed by atoms with Crippen molar-refractivity contribution in [3.05, 3.63) is 53.5 Å². The van der Waals surface area contributed by atoms with E-state index in [0.29, 0.717) is 43.7 Å². The molecule has 1 amide bonds. The van der Waals surface area contributed by atoms with E-state index in [-0.39, 0.29) is 42.6 Å². The fourth-order valence-corrected chi connectivity index (χ4v) is 6.05. The second-order valence-electron chi connectivity index (χ2n) is 10.1. The van der Waals surface area contributed by atoms with Crippen LogP contribution in [-0.4, -0.2) is 61.4 Å². The molecular formula is C26H27F3N2O5. The molecule has 2 aliphatic carbocycles. The van der Waals surface area contributed by atoms with Gasteiger partial charge in [-0.25, -0.2) is 18.2 Å². The van der Waals surface area contributed by atoms with E-state index in [2.05, 4.69) is 4.98 Å². The van der Waals surface area contributed by atoms with Crippen molar-refractivity contribution in [2.45, 2.75) is 36.9 Å². The van der Waals surface area contributed by atoms with Crippen LogP contribution in [0.5, 0.6) is 11.6 Å². The molecule has 4 aliphatic rings. The highest BCUT2D eigenvalue weighted by Crippen LogP contribution is 2.65. The fraction of sp³-hybridized carbons (Fsp3) is 0.538. The molecule has 0 radical (unpaired) electrons. The van der Waals surface area contributed by atoms with Gasteiger partial charge in [0.2, 0.25) is 0 Å². The number of piperidine rings is 1. The average Bonchev–Trinajstić information content (AvgIpc) is 3.30. The summed E-state index contributed by atoms with van der Waals surface area (Å²) in [6.45, 7) is 1.03. The molecule has 3 unspecified atom stereocenters. The smallest absolute Gasteiger partial charge is 0.272 e. The highest BCUT2D eigenvalue weighted by Gasteiger charge is 2.71. The van der Waals surface area contributed by atoms with Gasteiger partial charge in [-0.1, -0.05) is 12.1 Å². The first kappa shape index (κ1) is 23.5. The summed E-state index contributed by atoms with van der Waals surface area (Å²) in [4.78, 5) is 19.3. The number of halogens is 3. The number of hydrogen-bond acceptors (Lipinski definition) is 6. The van der Waals surface area contributed by atoms with Crippen LogP contribution in [-0.2, 0) is 15.1 Å². The van der Waals surface area contributed by atoms with Gasteiger partial charge in [0.05, 0.1) is 20.3 Å². The predicted molar refractivity (Wildman–Crippen MR) is 120 cm³/mol. The molecule has 0 N–H and O–H groups in total. The van der Waals surface area contributed by atoms with E-state index in [4.69, 9.17) is 18.9 Å². The number of nitrogens with zero attached hydrogens (tertiary/aromatic N) is 2. The molecule has 2 saturated heterocycles. The maximum Gasteiger partial charge on any atom is 0.272 e. The molecule has 0 bridgehead atoms. The van der Waals surface area contributed by atoms with Gasteiger partial charge in [-0.3, -0.25) is 4.79 Å². The molecule has 3 heterocycles. The third-order valence-electron chi connectivity index (χ3n) is 8.10. The number of methoxy groups -OCH3 is 1. The summed E-state index contributed by atoms with van der Waals surface area (Å²) in [6, 6.07) is 9.48. The van der Waals surface area contributed by atoms with Gasteiger partial charge in [-0.15, -0.1) is 0 Å². The molecule has 36 heavy (non-hydrogen) atoms. The second kappa shape index (κ2) is 8.62.